The molecule has 29 heavy (non-hydrogen) atoms. The van der Waals surface area contributed by atoms with Crippen molar-refractivity contribution >= 4 is 33.2 Å². The van der Waals surface area contributed by atoms with Gasteiger partial charge in [0, 0.05) is 12.7 Å². The lowest BCUT2D eigenvalue weighted by Crippen LogP contribution is -2.53. The van der Waals surface area contributed by atoms with E-state index in [1.54, 1.807) is 11.7 Å². The van der Waals surface area contributed by atoms with E-state index in [0.29, 0.717) is 12.4 Å². The van der Waals surface area contributed by atoms with Gasteiger partial charge in [-0.3, -0.25) is 19.8 Å². The first-order valence-corrected chi connectivity index (χ1v) is 10.9. The summed E-state index contributed by atoms with van der Waals surface area (Å²) < 4.78 is 32.5. The third-order valence-electron chi connectivity index (χ3n) is 4.61. The lowest BCUT2D eigenvalue weighted by Gasteiger charge is -2.35. The normalized spacial score (nSPS) is 20.2. The highest BCUT2D eigenvalue weighted by Crippen LogP contribution is 2.30. The lowest BCUT2D eigenvalue weighted by molar-refractivity contribution is -0.145. The molecule has 1 aliphatic heterocycles. The number of benzene rings is 1. The number of hydroxylamine groups is 1. The number of aromatic nitrogens is 1. The minimum absolute atomic E-state index is 0.0628. The molecule has 2 atom stereocenters. The minimum Gasteiger partial charge on any atom is -0.488 e. The first-order valence-electron chi connectivity index (χ1n) is 8.61. The quantitative estimate of drug-likeness (QED) is 0.427. The van der Waals surface area contributed by atoms with Crippen LogP contribution in [0.25, 0.3) is 0 Å². The van der Waals surface area contributed by atoms with Crippen molar-refractivity contribution in [3.8, 4) is 5.75 Å². The molecule has 12 heteroatoms. The van der Waals surface area contributed by atoms with E-state index in [1.165, 1.54) is 41.1 Å². The van der Waals surface area contributed by atoms with Crippen molar-refractivity contribution in [3.63, 3.8) is 0 Å². The van der Waals surface area contributed by atoms with E-state index < -0.39 is 33.9 Å². The van der Waals surface area contributed by atoms with Crippen LogP contribution in [0.15, 0.2) is 40.9 Å². The summed E-state index contributed by atoms with van der Waals surface area (Å²) in [5.74, 6) is -2.48. The van der Waals surface area contributed by atoms with Gasteiger partial charge in [-0.05, 0) is 37.1 Å². The van der Waals surface area contributed by atoms with Gasteiger partial charge in [0.05, 0.1) is 21.2 Å². The fourth-order valence-electron chi connectivity index (χ4n) is 3.08. The molecule has 0 radical (unpaired) electrons. The van der Waals surface area contributed by atoms with Crippen molar-refractivity contribution in [1.82, 2.24) is 14.8 Å². The highest BCUT2D eigenvalue weighted by Gasteiger charge is 2.42. The van der Waals surface area contributed by atoms with Crippen molar-refractivity contribution in [1.29, 1.82) is 0 Å². The maximum absolute atomic E-state index is 13.0. The highest BCUT2D eigenvalue weighted by molar-refractivity contribution is 7.89. The van der Waals surface area contributed by atoms with E-state index in [0.717, 1.165) is 9.18 Å². The first kappa shape index (κ1) is 21.2. The molecule has 1 aliphatic rings. The summed E-state index contributed by atoms with van der Waals surface area (Å²) in [4.78, 5) is 28.0. The predicted molar refractivity (Wildman–Crippen MR) is 101 cm³/mol. The molecule has 0 spiro atoms. The summed E-state index contributed by atoms with van der Waals surface area (Å²) >= 11 is 1.44. The van der Waals surface area contributed by atoms with E-state index in [4.69, 9.17) is 9.94 Å². The molecular formula is C17H19N3O7S2. The largest absolute Gasteiger partial charge is 0.488 e. The number of thiazole rings is 1. The van der Waals surface area contributed by atoms with Crippen LogP contribution in [0.4, 0.5) is 0 Å². The molecule has 1 fully saturated rings. The van der Waals surface area contributed by atoms with E-state index in [-0.39, 0.29) is 24.3 Å². The van der Waals surface area contributed by atoms with Crippen LogP contribution in [0.3, 0.4) is 0 Å². The summed E-state index contributed by atoms with van der Waals surface area (Å²) in [6.07, 6.45) is 1.52. The van der Waals surface area contributed by atoms with Crippen molar-refractivity contribution in [2.75, 3.05) is 6.54 Å². The Kier molecular flexibility index (Phi) is 6.47. The van der Waals surface area contributed by atoms with Gasteiger partial charge >= 0.3 is 5.97 Å². The van der Waals surface area contributed by atoms with Gasteiger partial charge in [-0.2, -0.15) is 4.31 Å². The molecule has 10 nitrogen and oxygen atoms in total. The Labute approximate surface area is 170 Å². The number of carbonyl (C=O) groups excluding carboxylic acids is 1. The molecule has 0 aliphatic carbocycles. The van der Waals surface area contributed by atoms with Gasteiger partial charge < -0.3 is 9.84 Å². The maximum atomic E-state index is 13.0. The van der Waals surface area contributed by atoms with Gasteiger partial charge in [0.15, 0.2) is 0 Å². The topological polar surface area (TPSA) is 146 Å². The number of sulfonamides is 1. The fraction of sp³-hybridized carbons (Fsp3) is 0.353. The third-order valence-corrected chi connectivity index (χ3v) is 7.29. The monoisotopic (exact) mass is 441 g/mol. The predicted octanol–water partition coefficient (Wildman–Crippen LogP) is 1.08. The number of ether oxygens (including phenoxy) is 1. The number of aliphatic carboxylic acids is 1. The van der Waals surface area contributed by atoms with Crippen LogP contribution in [-0.4, -0.2) is 52.5 Å². The average molecular weight is 441 g/mol. The molecule has 1 aromatic carbocycles. The smallest absolute Gasteiger partial charge is 0.306 e. The number of hydrogen-bond acceptors (Lipinski definition) is 8. The molecule has 1 amide bonds. The van der Waals surface area contributed by atoms with Crippen LogP contribution < -0.4 is 10.2 Å². The van der Waals surface area contributed by atoms with Crippen LogP contribution in [-0.2, 0) is 26.2 Å². The van der Waals surface area contributed by atoms with Crippen molar-refractivity contribution in [3.05, 3.63) is 40.8 Å². The average Bonchev–Trinajstić information content (AvgIpc) is 3.25. The molecule has 2 aromatic rings. The maximum Gasteiger partial charge on any atom is 0.306 e. The lowest BCUT2D eigenvalue weighted by atomic mass is 9.92. The van der Waals surface area contributed by atoms with Gasteiger partial charge in [-0.25, -0.2) is 13.9 Å². The van der Waals surface area contributed by atoms with Gasteiger partial charge in [0.25, 0.3) is 5.91 Å². The second kappa shape index (κ2) is 8.86. The molecule has 0 bridgehead atoms. The number of carbonyl (C=O) groups is 2. The first-order chi connectivity index (χ1) is 13.8. The minimum atomic E-state index is -4.09. The number of rotatable bonds is 7. The van der Waals surface area contributed by atoms with E-state index in [9.17, 15) is 23.1 Å². The molecule has 3 N–H and O–H groups in total. The molecule has 1 saturated heterocycles. The summed E-state index contributed by atoms with van der Waals surface area (Å²) in [5, 5.41) is 18.1. The van der Waals surface area contributed by atoms with Gasteiger partial charge in [0.1, 0.15) is 18.4 Å². The number of hydrogen-bond donors (Lipinski definition) is 3. The van der Waals surface area contributed by atoms with Gasteiger partial charge in [-0.1, -0.05) is 0 Å². The standard InChI is InChI=1S/C17H19N3O7S2/c21-16(19-24)15-7-11(17(22)23)5-6-20(15)29(25,26)14-3-1-12(2-4-14)27-9-13-8-18-10-28-13/h1-4,8,10-11,15,24H,5-7,9H2,(H,19,21)(H,22,23)/t11-,15-/m1/s1. The Morgan fingerprint density at radius 2 is 2.03 bits per heavy atom. The van der Waals surface area contributed by atoms with Crippen LogP contribution in [0.1, 0.15) is 17.7 Å². The SMILES string of the molecule is O=C(O)[C@@H]1CCN(S(=O)(=O)c2ccc(OCc3cncs3)cc2)[C@@H](C(=O)NO)C1. The van der Waals surface area contributed by atoms with Crippen molar-refractivity contribution in [2.45, 2.75) is 30.4 Å². The van der Waals surface area contributed by atoms with E-state index in [2.05, 4.69) is 4.98 Å². The molecule has 2 heterocycles. The molecule has 1 aromatic heterocycles. The Morgan fingerprint density at radius 3 is 2.62 bits per heavy atom. The highest BCUT2D eigenvalue weighted by atomic mass is 32.2. The van der Waals surface area contributed by atoms with Gasteiger partial charge in [-0.15, -0.1) is 11.3 Å². The number of carboxylic acid groups (broad SMARTS) is 1. The number of nitrogens with zero attached hydrogens (tertiary/aromatic N) is 2. The molecule has 0 unspecified atom stereocenters. The Morgan fingerprint density at radius 1 is 1.31 bits per heavy atom. The Hall–Kier alpha value is -2.54. The number of amides is 1. The third kappa shape index (κ3) is 4.72. The number of carboxylic acids is 1. The zero-order valence-electron chi connectivity index (χ0n) is 15.1. The second-order valence-electron chi connectivity index (χ2n) is 6.39. The van der Waals surface area contributed by atoms with Crippen LogP contribution in [0.2, 0.25) is 0 Å². The Bertz CT molecular complexity index is 961. The van der Waals surface area contributed by atoms with Crippen molar-refractivity contribution in [2.24, 2.45) is 5.92 Å². The van der Waals surface area contributed by atoms with Crippen molar-refractivity contribution < 1.29 is 33.1 Å². The molecule has 3 rings (SSSR count). The zero-order chi connectivity index (χ0) is 21.0. The summed E-state index contributed by atoms with van der Waals surface area (Å²) in [6.45, 7) is 0.152. The van der Waals surface area contributed by atoms with Crippen LogP contribution in [0.5, 0.6) is 5.75 Å². The molecule has 0 saturated carbocycles. The van der Waals surface area contributed by atoms with E-state index >= 15 is 0 Å². The molecule has 156 valence electrons. The van der Waals surface area contributed by atoms with Crippen LogP contribution >= 0.6 is 11.3 Å². The Balaban J connectivity index is 1.77. The van der Waals surface area contributed by atoms with Crippen LogP contribution in [0, 0.1) is 5.92 Å². The molecular weight excluding hydrogens is 422 g/mol. The number of piperidine rings is 1. The second-order valence-corrected chi connectivity index (χ2v) is 9.26. The van der Waals surface area contributed by atoms with E-state index in [1.807, 2.05) is 0 Å². The summed E-state index contributed by atoms with van der Waals surface area (Å²) in [7, 11) is -4.09. The number of nitrogens with one attached hydrogen (secondary N) is 1. The fourth-order valence-corrected chi connectivity index (χ4v) is 5.20. The summed E-state index contributed by atoms with van der Waals surface area (Å²) in [5.41, 5.74) is 3.11. The van der Waals surface area contributed by atoms with Gasteiger partial charge in [0.2, 0.25) is 10.0 Å². The summed E-state index contributed by atoms with van der Waals surface area (Å²) in [6, 6.07) is 4.39. The zero-order valence-corrected chi connectivity index (χ0v) is 16.7.